The number of aliphatic hydroxyl groups excluding tert-OH is 1. The van der Waals surface area contributed by atoms with Crippen molar-refractivity contribution in [1.29, 1.82) is 0 Å². The number of halogens is 3. The van der Waals surface area contributed by atoms with Gasteiger partial charge in [0.05, 0.1) is 36.2 Å². The lowest BCUT2D eigenvalue weighted by atomic mass is 9.87. The summed E-state index contributed by atoms with van der Waals surface area (Å²) in [5, 5.41) is 23.9. The molecule has 2 N–H and O–H groups in total. The van der Waals surface area contributed by atoms with Crippen LogP contribution in [0.2, 0.25) is 0 Å². The van der Waals surface area contributed by atoms with Crippen molar-refractivity contribution < 1.29 is 37.7 Å². The summed E-state index contributed by atoms with van der Waals surface area (Å²) in [6.45, 7) is -0.0794. The van der Waals surface area contributed by atoms with E-state index in [1.54, 1.807) is 19.0 Å². The van der Waals surface area contributed by atoms with Gasteiger partial charge in [0.15, 0.2) is 11.4 Å². The molecule has 2 saturated carbocycles. The van der Waals surface area contributed by atoms with E-state index in [2.05, 4.69) is 10.1 Å². The van der Waals surface area contributed by atoms with Gasteiger partial charge in [0, 0.05) is 18.7 Å². The molecule has 2 aliphatic rings. The van der Waals surface area contributed by atoms with Crippen LogP contribution in [-0.4, -0.2) is 61.5 Å². The minimum absolute atomic E-state index is 0.0390. The Hall–Kier alpha value is -2.70. The molecule has 0 spiro atoms. The van der Waals surface area contributed by atoms with Crippen molar-refractivity contribution in [1.82, 2.24) is 19.7 Å². The number of pyridine rings is 1. The van der Waals surface area contributed by atoms with E-state index in [4.69, 9.17) is 9.47 Å². The standard InChI is InChI=1S/C25H33F3N4O5/c1-31(16-7-3-4-8-16)24(35)36-14-20-18(13-29-32(20)2)19-10-11-21(22(30-19)25(26,27)28)37-17-9-5-6-15(12-17)23(33)34/h10-11,13,15-17,24,35H,3-9,12,14H2,1-2H3,(H,33,34)/t15-,17-,24?/m0/s1. The summed E-state index contributed by atoms with van der Waals surface area (Å²) < 4.78 is 54.7. The van der Waals surface area contributed by atoms with E-state index in [1.165, 1.54) is 23.0 Å². The van der Waals surface area contributed by atoms with Crippen molar-refractivity contribution in [2.75, 3.05) is 7.05 Å². The molecule has 1 unspecified atom stereocenters. The Morgan fingerprint density at radius 2 is 1.95 bits per heavy atom. The molecule has 37 heavy (non-hydrogen) atoms. The largest absolute Gasteiger partial charge is 0.488 e. The van der Waals surface area contributed by atoms with Crippen LogP contribution in [0.3, 0.4) is 0 Å². The second-order valence-corrected chi connectivity index (χ2v) is 9.85. The molecule has 0 saturated heterocycles. The Bertz CT molecular complexity index is 1090. The van der Waals surface area contributed by atoms with Crippen molar-refractivity contribution in [2.24, 2.45) is 13.0 Å². The second-order valence-electron chi connectivity index (χ2n) is 9.85. The molecule has 0 aliphatic heterocycles. The highest BCUT2D eigenvalue weighted by atomic mass is 19.4. The van der Waals surface area contributed by atoms with Crippen molar-refractivity contribution in [2.45, 2.75) is 82.7 Å². The van der Waals surface area contributed by atoms with Gasteiger partial charge in [-0.2, -0.15) is 18.3 Å². The SMILES string of the molecule is CN(C1CCCC1)C(O)OCc1c(-c2ccc(O[C@H]3CCC[C@H](C(=O)O)C3)c(C(F)(F)F)n2)cnn1C. The molecular weight excluding hydrogens is 493 g/mol. The summed E-state index contributed by atoms with van der Waals surface area (Å²) >= 11 is 0. The minimum atomic E-state index is -4.79. The summed E-state index contributed by atoms with van der Waals surface area (Å²) in [6.07, 6.45) is 0.649. The Morgan fingerprint density at radius 1 is 1.22 bits per heavy atom. The maximum absolute atomic E-state index is 14.0. The lowest BCUT2D eigenvalue weighted by Gasteiger charge is -2.29. The third-order valence-corrected chi connectivity index (χ3v) is 7.35. The predicted octanol–water partition coefficient (Wildman–Crippen LogP) is 4.19. The van der Waals surface area contributed by atoms with Gasteiger partial charge in [-0.25, -0.2) is 4.98 Å². The lowest BCUT2D eigenvalue weighted by molar-refractivity contribution is -0.203. The molecule has 0 amide bonds. The van der Waals surface area contributed by atoms with E-state index in [0.29, 0.717) is 30.5 Å². The number of aliphatic carboxylic acids is 1. The van der Waals surface area contributed by atoms with Gasteiger partial charge in [0.25, 0.3) is 0 Å². The third kappa shape index (κ3) is 6.42. The molecule has 2 fully saturated rings. The number of carbonyl (C=O) groups is 1. The zero-order chi connectivity index (χ0) is 26.7. The van der Waals surface area contributed by atoms with Crippen LogP contribution in [-0.2, 0) is 29.4 Å². The van der Waals surface area contributed by atoms with Gasteiger partial charge in [-0.3, -0.25) is 14.4 Å². The predicted molar refractivity (Wildman–Crippen MR) is 126 cm³/mol. The first-order valence-electron chi connectivity index (χ1n) is 12.5. The van der Waals surface area contributed by atoms with Gasteiger partial charge in [0.1, 0.15) is 0 Å². The Labute approximate surface area is 213 Å². The Kier molecular flexibility index (Phi) is 8.39. The number of alkyl halides is 3. The highest BCUT2D eigenvalue weighted by molar-refractivity contribution is 5.70. The van der Waals surface area contributed by atoms with E-state index >= 15 is 0 Å². The smallest absolute Gasteiger partial charge is 0.437 e. The number of aryl methyl sites for hydroxylation is 1. The molecule has 0 bridgehead atoms. The molecule has 0 radical (unpaired) electrons. The van der Waals surface area contributed by atoms with Gasteiger partial charge in [0.2, 0.25) is 6.41 Å². The molecule has 3 atom stereocenters. The maximum atomic E-state index is 14.0. The van der Waals surface area contributed by atoms with Crippen LogP contribution in [0.15, 0.2) is 18.3 Å². The fraction of sp³-hybridized carbons (Fsp3) is 0.640. The molecular formula is C25H33F3N4O5. The lowest BCUT2D eigenvalue weighted by Crippen LogP contribution is -2.40. The topological polar surface area (TPSA) is 110 Å². The summed E-state index contributed by atoms with van der Waals surface area (Å²) in [6, 6.07) is 2.86. The van der Waals surface area contributed by atoms with Crippen LogP contribution >= 0.6 is 0 Å². The van der Waals surface area contributed by atoms with Crippen LogP contribution in [0, 0.1) is 5.92 Å². The minimum Gasteiger partial charge on any atom is -0.488 e. The molecule has 2 heterocycles. The molecule has 204 valence electrons. The molecule has 12 heteroatoms. The Balaban J connectivity index is 1.53. The van der Waals surface area contributed by atoms with Crippen molar-refractivity contribution >= 4 is 5.97 Å². The van der Waals surface area contributed by atoms with Crippen LogP contribution < -0.4 is 4.74 Å². The van der Waals surface area contributed by atoms with Gasteiger partial charge < -0.3 is 19.7 Å². The van der Waals surface area contributed by atoms with Crippen LogP contribution in [0.1, 0.15) is 62.8 Å². The molecule has 4 rings (SSSR count). The van der Waals surface area contributed by atoms with E-state index in [-0.39, 0.29) is 24.8 Å². The maximum Gasteiger partial charge on any atom is 0.437 e. The zero-order valence-electron chi connectivity index (χ0n) is 20.9. The average molecular weight is 527 g/mol. The number of nitrogens with zero attached hydrogens (tertiary/aromatic N) is 4. The van der Waals surface area contributed by atoms with Crippen molar-refractivity contribution in [3.05, 3.63) is 29.7 Å². The normalized spacial score (nSPS) is 21.9. The summed E-state index contributed by atoms with van der Waals surface area (Å²) in [5.74, 6) is -2.03. The number of carboxylic acids is 1. The van der Waals surface area contributed by atoms with E-state index in [1.807, 2.05) is 0 Å². The van der Waals surface area contributed by atoms with Crippen molar-refractivity contribution in [3.8, 4) is 17.0 Å². The van der Waals surface area contributed by atoms with Crippen molar-refractivity contribution in [3.63, 3.8) is 0 Å². The summed E-state index contributed by atoms with van der Waals surface area (Å²) in [7, 11) is 3.42. The Morgan fingerprint density at radius 3 is 2.62 bits per heavy atom. The van der Waals surface area contributed by atoms with Crippen LogP contribution in [0.5, 0.6) is 5.75 Å². The molecule has 2 aromatic heterocycles. The number of carboxylic acid groups (broad SMARTS) is 1. The van der Waals surface area contributed by atoms with E-state index in [9.17, 15) is 28.2 Å². The molecule has 2 aromatic rings. The number of aliphatic hydroxyl groups is 1. The van der Waals surface area contributed by atoms with E-state index in [0.717, 1.165) is 25.7 Å². The summed E-state index contributed by atoms with van der Waals surface area (Å²) in [4.78, 5) is 17.0. The fourth-order valence-electron chi connectivity index (χ4n) is 5.16. The molecule has 0 aromatic carbocycles. The third-order valence-electron chi connectivity index (χ3n) is 7.35. The van der Waals surface area contributed by atoms with Gasteiger partial charge in [-0.15, -0.1) is 0 Å². The molecule has 2 aliphatic carbocycles. The van der Waals surface area contributed by atoms with Gasteiger partial charge in [-0.1, -0.05) is 12.8 Å². The molecule has 9 nitrogen and oxygen atoms in total. The fourth-order valence-corrected chi connectivity index (χ4v) is 5.16. The highest BCUT2D eigenvalue weighted by Crippen LogP contribution is 2.39. The number of hydrogen-bond donors (Lipinski definition) is 2. The van der Waals surface area contributed by atoms with Gasteiger partial charge in [-0.05, 0) is 57.7 Å². The first kappa shape index (κ1) is 27.3. The number of rotatable bonds is 9. The quantitative estimate of drug-likeness (QED) is 0.468. The monoisotopic (exact) mass is 526 g/mol. The highest BCUT2D eigenvalue weighted by Gasteiger charge is 2.38. The number of aromatic nitrogens is 3. The second kappa shape index (κ2) is 11.4. The average Bonchev–Trinajstić information content (AvgIpc) is 3.52. The first-order valence-corrected chi connectivity index (χ1v) is 12.5. The summed E-state index contributed by atoms with van der Waals surface area (Å²) in [5.41, 5.74) is -0.333. The number of hydrogen-bond acceptors (Lipinski definition) is 7. The van der Waals surface area contributed by atoms with Gasteiger partial charge >= 0.3 is 12.1 Å². The van der Waals surface area contributed by atoms with Crippen LogP contribution in [0.25, 0.3) is 11.3 Å². The zero-order valence-corrected chi connectivity index (χ0v) is 20.9. The number of ether oxygens (including phenoxy) is 2. The van der Waals surface area contributed by atoms with E-state index < -0.39 is 42.0 Å². The van der Waals surface area contributed by atoms with Crippen LogP contribution in [0.4, 0.5) is 13.2 Å². The first-order chi connectivity index (χ1) is 17.5.